The van der Waals surface area contributed by atoms with E-state index in [4.69, 9.17) is 17.3 Å². The van der Waals surface area contributed by atoms with Gasteiger partial charge in [0.15, 0.2) is 0 Å². The number of halogens is 3. The lowest BCUT2D eigenvalue weighted by atomic mass is 10.2. The molecule has 0 saturated heterocycles. The van der Waals surface area contributed by atoms with Gasteiger partial charge < -0.3 is 5.73 Å². The predicted octanol–water partition coefficient (Wildman–Crippen LogP) is 4.49. The molecule has 0 bridgehead atoms. The molecule has 5 heteroatoms. The van der Waals surface area contributed by atoms with Crippen molar-refractivity contribution in [3.05, 3.63) is 58.6 Å². The van der Waals surface area contributed by atoms with Crippen LogP contribution in [0.4, 0.5) is 14.5 Å². The third-order valence-corrected chi connectivity index (χ3v) is 3.76. The van der Waals surface area contributed by atoms with Crippen molar-refractivity contribution < 1.29 is 8.78 Å². The van der Waals surface area contributed by atoms with Crippen LogP contribution in [0.15, 0.2) is 41.3 Å². The van der Waals surface area contributed by atoms with Gasteiger partial charge in [-0.25, -0.2) is 8.78 Å². The van der Waals surface area contributed by atoms with Crippen molar-refractivity contribution in [1.29, 1.82) is 0 Å². The van der Waals surface area contributed by atoms with Gasteiger partial charge in [0.05, 0.1) is 0 Å². The first-order valence-corrected chi connectivity index (χ1v) is 6.55. The lowest BCUT2D eigenvalue weighted by Crippen LogP contribution is -1.94. The molecule has 18 heavy (non-hydrogen) atoms. The molecule has 0 aliphatic rings. The first-order valence-electron chi connectivity index (χ1n) is 5.18. The van der Waals surface area contributed by atoms with Crippen LogP contribution in [0.5, 0.6) is 0 Å². The van der Waals surface area contributed by atoms with Gasteiger partial charge in [-0.1, -0.05) is 17.7 Å². The summed E-state index contributed by atoms with van der Waals surface area (Å²) in [5.41, 5.74) is 6.33. The Hall–Kier alpha value is -1.26. The van der Waals surface area contributed by atoms with E-state index in [1.807, 2.05) is 0 Å². The Labute approximate surface area is 113 Å². The molecule has 2 rings (SSSR count). The zero-order valence-corrected chi connectivity index (χ0v) is 10.9. The van der Waals surface area contributed by atoms with Crippen molar-refractivity contribution >= 4 is 29.1 Å². The normalized spacial score (nSPS) is 10.6. The van der Waals surface area contributed by atoms with E-state index in [1.165, 1.54) is 30.0 Å². The van der Waals surface area contributed by atoms with E-state index in [9.17, 15) is 8.78 Å². The largest absolute Gasteiger partial charge is 0.398 e. The summed E-state index contributed by atoms with van der Waals surface area (Å²) in [6.07, 6.45) is 0. The lowest BCUT2D eigenvalue weighted by Gasteiger charge is -2.07. The number of anilines is 1. The summed E-state index contributed by atoms with van der Waals surface area (Å²) in [6, 6.07) is 8.87. The minimum atomic E-state index is -0.546. The van der Waals surface area contributed by atoms with Crippen LogP contribution in [0.3, 0.4) is 0 Å². The molecule has 1 nitrogen and oxygen atoms in total. The van der Waals surface area contributed by atoms with Gasteiger partial charge in [-0.05, 0) is 30.3 Å². The van der Waals surface area contributed by atoms with E-state index < -0.39 is 11.6 Å². The number of hydrogen-bond donors (Lipinski definition) is 1. The standard InChI is InChI=1S/C13H10ClF2NS/c14-8-4-5-13(12(17)6-8)18-7-9-10(15)2-1-3-11(9)16/h1-6H,7,17H2. The van der Waals surface area contributed by atoms with Gasteiger partial charge in [-0.3, -0.25) is 0 Å². The van der Waals surface area contributed by atoms with Crippen LogP contribution in [-0.4, -0.2) is 0 Å². The van der Waals surface area contributed by atoms with Gasteiger partial charge in [0.25, 0.3) is 0 Å². The molecule has 0 saturated carbocycles. The molecule has 2 aromatic rings. The van der Waals surface area contributed by atoms with Gasteiger partial charge in [-0.2, -0.15) is 0 Å². The first-order chi connectivity index (χ1) is 8.58. The highest BCUT2D eigenvalue weighted by Crippen LogP contribution is 2.31. The third-order valence-electron chi connectivity index (χ3n) is 2.41. The summed E-state index contributed by atoms with van der Waals surface area (Å²) in [5.74, 6) is -0.908. The van der Waals surface area contributed by atoms with Crippen LogP contribution in [0.25, 0.3) is 0 Å². The predicted molar refractivity (Wildman–Crippen MR) is 71.8 cm³/mol. The van der Waals surface area contributed by atoms with E-state index in [-0.39, 0.29) is 11.3 Å². The van der Waals surface area contributed by atoms with Crippen LogP contribution in [0, 0.1) is 11.6 Å². The van der Waals surface area contributed by atoms with Crippen molar-refractivity contribution in [3.63, 3.8) is 0 Å². The van der Waals surface area contributed by atoms with E-state index in [1.54, 1.807) is 18.2 Å². The molecule has 2 aromatic carbocycles. The zero-order chi connectivity index (χ0) is 13.1. The van der Waals surface area contributed by atoms with E-state index in [0.29, 0.717) is 10.7 Å². The fourth-order valence-corrected chi connectivity index (χ4v) is 2.62. The minimum Gasteiger partial charge on any atom is -0.398 e. The molecule has 0 radical (unpaired) electrons. The van der Waals surface area contributed by atoms with Crippen LogP contribution in [-0.2, 0) is 5.75 Å². The molecule has 0 amide bonds. The molecular formula is C13H10ClF2NS. The van der Waals surface area contributed by atoms with Gasteiger partial charge >= 0.3 is 0 Å². The average molecular weight is 286 g/mol. The highest BCUT2D eigenvalue weighted by atomic mass is 35.5. The second-order valence-electron chi connectivity index (χ2n) is 3.67. The third kappa shape index (κ3) is 2.94. The van der Waals surface area contributed by atoms with Gasteiger partial charge in [0.2, 0.25) is 0 Å². The number of hydrogen-bond acceptors (Lipinski definition) is 2. The minimum absolute atomic E-state index is 0.0526. The van der Waals surface area contributed by atoms with Crippen molar-refractivity contribution in [2.24, 2.45) is 0 Å². The highest BCUT2D eigenvalue weighted by molar-refractivity contribution is 7.98. The molecule has 94 valence electrons. The summed E-state index contributed by atoms with van der Waals surface area (Å²) in [6.45, 7) is 0. The smallest absolute Gasteiger partial charge is 0.130 e. The molecule has 0 fully saturated rings. The Kier molecular flexibility index (Phi) is 4.09. The maximum absolute atomic E-state index is 13.4. The van der Waals surface area contributed by atoms with Gasteiger partial charge in [0.1, 0.15) is 11.6 Å². The first kappa shape index (κ1) is 13.2. The Morgan fingerprint density at radius 1 is 1.11 bits per heavy atom. The summed E-state index contributed by atoms with van der Waals surface area (Å²) in [5, 5.41) is 0.536. The van der Waals surface area contributed by atoms with Crippen molar-refractivity contribution in [2.45, 2.75) is 10.6 Å². The monoisotopic (exact) mass is 285 g/mol. The molecule has 0 spiro atoms. The van der Waals surface area contributed by atoms with Crippen LogP contribution in [0.2, 0.25) is 5.02 Å². The van der Waals surface area contributed by atoms with Gasteiger partial charge in [-0.15, -0.1) is 11.8 Å². The van der Waals surface area contributed by atoms with Gasteiger partial charge in [0, 0.05) is 26.9 Å². The summed E-state index contributed by atoms with van der Waals surface area (Å²) in [4.78, 5) is 0.752. The van der Waals surface area contributed by atoms with Crippen LogP contribution in [0.1, 0.15) is 5.56 Å². The Balaban J connectivity index is 2.16. The average Bonchev–Trinajstić information content (AvgIpc) is 2.31. The van der Waals surface area contributed by atoms with Crippen molar-refractivity contribution in [3.8, 4) is 0 Å². The maximum Gasteiger partial charge on any atom is 0.130 e. The molecule has 0 aliphatic heterocycles. The second kappa shape index (κ2) is 5.59. The zero-order valence-electron chi connectivity index (χ0n) is 9.29. The quantitative estimate of drug-likeness (QED) is 0.664. The Morgan fingerprint density at radius 3 is 2.39 bits per heavy atom. The number of benzene rings is 2. The number of thioether (sulfide) groups is 1. The van der Waals surface area contributed by atoms with Crippen LogP contribution >= 0.6 is 23.4 Å². The number of nitrogen functional groups attached to an aromatic ring is 1. The molecule has 0 aromatic heterocycles. The number of rotatable bonds is 3. The summed E-state index contributed by atoms with van der Waals surface area (Å²) < 4.78 is 26.8. The molecule has 2 N–H and O–H groups in total. The van der Waals surface area contributed by atoms with E-state index >= 15 is 0 Å². The molecular weight excluding hydrogens is 276 g/mol. The van der Waals surface area contributed by atoms with E-state index in [2.05, 4.69) is 0 Å². The SMILES string of the molecule is Nc1cc(Cl)ccc1SCc1c(F)cccc1F. The van der Waals surface area contributed by atoms with Crippen molar-refractivity contribution in [1.82, 2.24) is 0 Å². The topological polar surface area (TPSA) is 26.0 Å². The maximum atomic E-state index is 13.4. The highest BCUT2D eigenvalue weighted by Gasteiger charge is 2.09. The van der Waals surface area contributed by atoms with Crippen LogP contribution < -0.4 is 5.73 Å². The summed E-state index contributed by atoms with van der Waals surface area (Å²) in [7, 11) is 0. The molecule has 0 atom stereocenters. The fraction of sp³-hybridized carbons (Fsp3) is 0.0769. The second-order valence-corrected chi connectivity index (χ2v) is 5.12. The fourth-order valence-electron chi connectivity index (χ4n) is 1.47. The Bertz CT molecular complexity index is 555. The van der Waals surface area contributed by atoms with Crippen molar-refractivity contribution in [2.75, 3.05) is 5.73 Å². The molecule has 0 aliphatic carbocycles. The van der Waals surface area contributed by atoms with E-state index in [0.717, 1.165) is 4.90 Å². The molecule has 0 heterocycles. The number of nitrogens with two attached hydrogens (primary N) is 1. The Morgan fingerprint density at radius 2 is 1.78 bits per heavy atom. The lowest BCUT2D eigenvalue weighted by molar-refractivity contribution is 0.566. The molecule has 0 unspecified atom stereocenters. The summed E-state index contributed by atoms with van der Waals surface area (Å²) >= 11 is 7.05.